The molecule has 0 saturated carbocycles. The zero-order chi connectivity index (χ0) is 14.1. The van der Waals surface area contributed by atoms with Gasteiger partial charge in [-0.3, -0.25) is 4.98 Å². The maximum atomic E-state index is 13.7. The van der Waals surface area contributed by atoms with E-state index < -0.39 is 0 Å². The molecule has 0 aliphatic rings. The molecular weight excluding hydrogens is 257 g/mol. The standard InChI is InChI=1S/C15H12FN3O/c1-9-4-5-10(7-12(9)16)14-13(15(17)19-20-14)11-3-2-6-18-8-11/h2-8H,1H3,(H2,17,19). The fourth-order valence-electron chi connectivity index (χ4n) is 2.02. The molecule has 5 heteroatoms. The summed E-state index contributed by atoms with van der Waals surface area (Å²) in [6, 6.07) is 8.52. The van der Waals surface area contributed by atoms with E-state index in [9.17, 15) is 4.39 Å². The van der Waals surface area contributed by atoms with Crippen LogP contribution in [0, 0.1) is 12.7 Å². The van der Waals surface area contributed by atoms with Gasteiger partial charge >= 0.3 is 0 Å². The summed E-state index contributed by atoms with van der Waals surface area (Å²) >= 11 is 0. The number of rotatable bonds is 2. The number of anilines is 1. The Balaban J connectivity index is 2.18. The van der Waals surface area contributed by atoms with Gasteiger partial charge in [0.2, 0.25) is 0 Å². The summed E-state index contributed by atoms with van der Waals surface area (Å²) in [6.45, 7) is 1.70. The molecule has 20 heavy (non-hydrogen) atoms. The van der Waals surface area contributed by atoms with Gasteiger partial charge in [-0.15, -0.1) is 0 Å². The molecule has 2 aromatic heterocycles. The highest BCUT2D eigenvalue weighted by atomic mass is 19.1. The highest BCUT2D eigenvalue weighted by Gasteiger charge is 2.18. The first-order chi connectivity index (χ1) is 9.66. The maximum Gasteiger partial charge on any atom is 0.177 e. The van der Waals surface area contributed by atoms with Gasteiger partial charge in [0.05, 0.1) is 5.56 Å². The number of aromatic nitrogens is 2. The van der Waals surface area contributed by atoms with Crippen molar-refractivity contribution >= 4 is 5.82 Å². The van der Waals surface area contributed by atoms with Gasteiger partial charge in [0.15, 0.2) is 11.6 Å². The number of benzene rings is 1. The largest absolute Gasteiger partial charge is 0.380 e. The molecule has 0 aliphatic heterocycles. The van der Waals surface area contributed by atoms with Gasteiger partial charge in [-0.25, -0.2) is 4.39 Å². The third kappa shape index (κ3) is 2.03. The lowest BCUT2D eigenvalue weighted by atomic mass is 10.0. The minimum atomic E-state index is -0.297. The van der Waals surface area contributed by atoms with Gasteiger partial charge in [-0.2, -0.15) is 0 Å². The van der Waals surface area contributed by atoms with Gasteiger partial charge in [-0.05, 0) is 24.6 Å². The SMILES string of the molecule is Cc1ccc(-c2onc(N)c2-c2cccnc2)cc1F. The molecular formula is C15H12FN3O. The number of aryl methyl sites for hydroxylation is 1. The smallest absolute Gasteiger partial charge is 0.177 e. The number of nitrogen functional groups attached to an aromatic ring is 1. The molecule has 0 spiro atoms. The molecule has 0 amide bonds. The Kier molecular flexibility index (Phi) is 2.95. The van der Waals surface area contributed by atoms with Crippen molar-refractivity contribution in [1.82, 2.24) is 10.1 Å². The monoisotopic (exact) mass is 269 g/mol. The summed E-state index contributed by atoms with van der Waals surface area (Å²) in [4.78, 5) is 4.05. The maximum absolute atomic E-state index is 13.7. The number of nitrogens with two attached hydrogens (primary N) is 1. The third-order valence-corrected chi connectivity index (χ3v) is 3.10. The number of hydrogen-bond donors (Lipinski definition) is 1. The molecule has 0 radical (unpaired) electrons. The normalized spacial score (nSPS) is 10.7. The van der Waals surface area contributed by atoms with Crippen LogP contribution >= 0.6 is 0 Å². The van der Waals surface area contributed by atoms with E-state index in [2.05, 4.69) is 10.1 Å². The number of nitrogens with zero attached hydrogens (tertiary/aromatic N) is 2. The van der Waals surface area contributed by atoms with Crippen LogP contribution in [0.15, 0.2) is 47.2 Å². The molecule has 2 N–H and O–H groups in total. The molecule has 3 aromatic rings. The van der Waals surface area contributed by atoms with Crippen LogP contribution in [0.2, 0.25) is 0 Å². The predicted molar refractivity (Wildman–Crippen MR) is 74.3 cm³/mol. The molecule has 0 atom stereocenters. The van der Waals surface area contributed by atoms with Crippen molar-refractivity contribution in [3.8, 4) is 22.5 Å². The van der Waals surface area contributed by atoms with Crippen LogP contribution in [0.5, 0.6) is 0 Å². The van der Waals surface area contributed by atoms with Crippen LogP contribution < -0.4 is 5.73 Å². The number of pyridine rings is 1. The van der Waals surface area contributed by atoms with E-state index in [4.69, 9.17) is 10.3 Å². The Morgan fingerprint density at radius 3 is 2.75 bits per heavy atom. The summed E-state index contributed by atoms with van der Waals surface area (Å²) in [5.41, 5.74) is 8.43. The van der Waals surface area contributed by atoms with E-state index in [0.29, 0.717) is 22.5 Å². The summed E-state index contributed by atoms with van der Waals surface area (Å²) in [6.07, 6.45) is 3.33. The lowest BCUT2D eigenvalue weighted by molar-refractivity contribution is 0.435. The average molecular weight is 269 g/mol. The van der Waals surface area contributed by atoms with Crippen molar-refractivity contribution in [3.63, 3.8) is 0 Å². The van der Waals surface area contributed by atoms with Gasteiger partial charge in [-0.1, -0.05) is 23.4 Å². The molecule has 2 heterocycles. The third-order valence-electron chi connectivity index (χ3n) is 3.10. The van der Waals surface area contributed by atoms with E-state index in [1.807, 2.05) is 6.07 Å². The number of halogens is 1. The quantitative estimate of drug-likeness (QED) is 0.774. The van der Waals surface area contributed by atoms with Gasteiger partial charge in [0.1, 0.15) is 5.82 Å². The lowest BCUT2D eigenvalue weighted by Crippen LogP contribution is -1.90. The average Bonchev–Trinajstić information content (AvgIpc) is 2.85. The summed E-state index contributed by atoms with van der Waals surface area (Å²) < 4.78 is 19.0. The van der Waals surface area contributed by atoms with E-state index in [0.717, 1.165) is 5.56 Å². The van der Waals surface area contributed by atoms with Crippen LogP contribution in [-0.2, 0) is 0 Å². The van der Waals surface area contributed by atoms with Crippen LogP contribution in [0.1, 0.15) is 5.56 Å². The Hall–Kier alpha value is -2.69. The van der Waals surface area contributed by atoms with E-state index >= 15 is 0 Å². The topological polar surface area (TPSA) is 64.9 Å². The van der Waals surface area contributed by atoms with Gasteiger partial charge in [0.25, 0.3) is 0 Å². The second-order valence-corrected chi connectivity index (χ2v) is 4.48. The van der Waals surface area contributed by atoms with Crippen molar-refractivity contribution in [2.45, 2.75) is 6.92 Å². The molecule has 0 aliphatic carbocycles. The zero-order valence-electron chi connectivity index (χ0n) is 10.8. The molecule has 0 fully saturated rings. The summed E-state index contributed by atoms with van der Waals surface area (Å²) in [7, 11) is 0. The lowest BCUT2D eigenvalue weighted by Gasteiger charge is -2.03. The van der Waals surface area contributed by atoms with Crippen molar-refractivity contribution in [3.05, 3.63) is 54.1 Å². The molecule has 0 saturated heterocycles. The van der Waals surface area contributed by atoms with E-state index in [-0.39, 0.29) is 11.6 Å². The van der Waals surface area contributed by atoms with E-state index in [1.165, 1.54) is 6.07 Å². The summed E-state index contributed by atoms with van der Waals surface area (Å²) in [5.74, 6) is 0.401. The molecule has 1 aromatic carbocycles. The fourth-order valence-corrected chi connectivity index (χ4v) is 2.02. The molecule has 4 nitrogen and oxygen atoms in total. The Bertz CT molecular complexity index is 753. The van der Waals surface area contributed by atoms with Crippen molar-refractivity contribution < 1.29 is 8.91 Å². The fraction of sp³-hybridized carbons (Fsp3) is 0.0667. The predicted octanol–water partition coefficient (Wildman–Crippen LogP) is 3.43. The minimum absolute atomic E-state index is 0.258. The first-order valence-corrected chi connectivity index (χ1v) is 6.09. The highest BCUT2D eigenvalue weighted by molar-refractivity contribution is 5.86. The minimum Gasteiger partial charge on any atom is -0.380 e. The second kappa shape index (κ2) is 4.77. The van der Waals surface area contributed by atoms with Crippen LogP contribution in [0.4, 0.5) is 10.2 Å². The van der Waals surface area contributed by atoms with Crippen molar-refractivity contribution in [2.24, 2.45) is 0 Å². The zero-order valence-corrected chi connectivity index (χ0v) is 10.8. The van der Waals surface area contributed by atoms with Crippen LogP contribution in [0.3, 0.4) is 0 Å². The molecule has 3 rings (SSSR count). The van der Waals surface area contributed by atoms with Crippen molar-refractivity contribution in [1.29, 1.82) is 0 Å². The van der Waals surface area contributed by atoms with E-state index in [1.54, 1.807) is 37.5 Å². The molecule has 0 unspecified atom stereocenters. The first kappa shape index (κ1) is 12.3. The highest BCUT2D eigenvalue weighted by Crippen LogP contribution is 2.36. The molecule has 0 bridgehead atoms. The van der Waals surface area contributed by atoms with Crippen LogP contribution in [0.25, 0.3) is 22.5 Å². The van der Waals surface area contributed by atoms with Crippen molar-refractivity contribution in [2.75, 3.05) is 5.73 Å². The van der Waals surface area contributed by atoms with Gasteiger partial charge < -0.3 is 10.3 Å². The number of hydrogen-bond acceptors (Lipinski definition) is 4. The Morgan fingerprint density at radius 1 is 1.20 bits per heavy atom. The van der Waals surface area contributed by atoms with Gasteiger partial charge in [0, 0.05) is 23.5 Å². The second-order valence-electron chi connectivity index (χ2n) is 4.48. The summed E-state index contributed by atoms with van der Waals surface area (Å²) in [5, 5.41) is 3.77. The Morgan fingerprint density at radius 2 is 2.05 bits per heavy atom. The first-order valence-electron chi connectivity index (χ1n) is 6.09. The van der Waals surface area contributed by atoms with Crippen LogP contribution in [-0.4, -0.2) is 10.1 Å². The Labute approximate surface area is 115 Å². The molecule has 100 valence electrons.